The van der Waals surface area contributed by atoms with Gasteiger partial charge in [-0.25, -0.2) is 0 Å². The van der Waals surface area contributed by atoms with Crippen molar-refractivity contribution >= 4 is 17.5 Å². The molecule has 0 radical (unpaired) electrons. The second-order valence-electron chi connectivity index (χ2n) is 6.24. The van der Waals surface area contributed by atoms with Crippen LogP contribution < -0.4 is 9.47 Å². The first-order valence-electron chi connectivity index (χ1n) is 9.08. The molecule has 1 N–H and O–H groups in total. The Balaban J connectivity index is 1.84. The van der Waals surface area contributed by atoms with Gasteiger partial charge in [-0.1, -0.05) is 12.1 Å². The molecule has 0 unspecified atom stereocenters. The summed E-state index contributed by atoms with van der Waals surface area (Å²) in [4.78, 5) is 38.7. The topological polar surface area (TPSA) is 94.7 Å². The number of carbonyl (C=O) groups is 3. The van der Waals surface area contributed by atoms with Gasteiger partial charge >= 0.3 is 5.97 Å². The van der Waals surface area contributed by atoms with Crippen molar-refractivity contribution in [2.75, 3.05) is 19.8 Å². The first-order chi connectivity index (χ1) is 13.3. The van der Waals surface area contributed by atoms with Crippen molar-refractivity contribution in [1.29, 1.82) is 0 Å². The van der Waals surface area contributed by atoms with E-state index in [1.807, 2.05) is 19.1 Å². The number of nitrogens with one attached hydrogen (secondary N) is 1. The fourth-order valence-electron chi connectivity index (χ4n) is 2.94. The first kappa shape index (κ1) is 21.2. The molecule has 0 aliphatic heterocycles. The highest BCUT2D eigenvalue weighted by Gasteiger charge is 2.20. The number of carbonyl (C=O) groups excluding carboxylic acids is 3. The normalized spacial score (nSPS) is 10.4. The number of H-pyrrole nitrogens is 1. The maximum Gasteiger partial charge on any atom is 0.309 e. The van der Waals surface area contributed by atoms with Crippen LogP contribution in [-0.4, -0.2) is 42.3 Å². The lowest BCUT2D eigenvalue weighted by Gasteiger charge is -2.11. The minimum Gasteiger partial charge on any atom is -0.490 e. The van der Waals surface area contributed by atoms with E-state index in [1.54, 1.807) is 26.0 Å². The van der Waals surface area contributed by atoms with Gasteiger partial charge in [-0.3, -0.25) is 14.4 Å². The van der Waals surface area contributed by atoms with Crippen LogP contribution in [0, 0.1) is 13.8 Å². The molecule has 0 spiro atoms. The molecule has 2 aromatic rings. The number of hydrogen-bond acceptors (Lipinski definition) is 6. The average Bonchev–Trinajstić information content (AvgIpc) is 2.95. The third-order valence-corrected chi connectivity index (χ3v) is 4.15. The third kappa shape index (κ3) is 5.22. The Morgan fingerprint density at radius 3 is 2.25 bits per heavy atom. The van der Waals surface area contributed by atoms with Gasteiger partial charge in [0.15, 0.2) is 23.9 Å². The van der Waals surface area contributed by atoms with Crippen LogP contribution in [-0.2, 0) is 9.53 Å². The second-order valence-corrected chi connectivity index (χ2v) is 6.24. The number of aromatic nitrogens is 1. The van der Waals surface area contributed by atoms with Crippen LogP contribution in [0.25, 0.3) is 0 Å². The molecule has 0 atom stereocenters. The zero-order valence-corrected chi connectivity index (χ0v) is 16.6. The van der Waals surface area contributed by atoms with Crippen LogP contribution in [0.3, 0.4) is 0 Å². The molecule has 0 aliphatic carbocycles. The Morgan fingerprint density at radius 1 is 1.04 bits per heavy atom. The van der Waals surface area contributed by atoms with Crippen molar-refractivity contribution in [2.45, 2.75) is 34.1 Å². The average molecular weight is 387 g/mol. The maximum absolute atomic E-state index is 12.3. The lowest BCUT2D eigenvalue weighted by molar-refractivity contribution is -0.143. The fraction of sp³-hybridized carbons (Fsp3) is 0.381. The molecule has 0 aliphatic rings. The van der Waals surface area contributed by atoms with Crippen molar-refractivity contribution in [2.24, 2.45) is 0 Å². The quantitative estimate of drug-likeness (QED) is 0.496. The van der Waals surface area contributed by atoms with Crippen molar-refractivity contribution in [3.05, 3.63) is 46.8 Å². The van der Waals surface area contributed by atoms with Crippen molar-refractivity contribution in [1.82, 2.24) is 4.98 Å². The summed E-state index contributed by atoms with van der Waals surface area (Å²) in [6.45, 7) is 6.95. The summed E-state index contributed by atoms with van der Waals surface area (Å²) >= 11 is 0. The van der Waals surface area contributed by atoms with E-state index in [-0.39, 0.29) is 30.3 Å². The molecule has 0 amide bonds. The molecule has 0 saturated heterocycles. The zero-order valence-electron chi connectivity index (χ0n) is 16.6. The molecule has 0 bridgehead atoms. The van der Waals surface area contributed by atoms with E-state index in [1.165, 1.54) is 6.92 Å². The Morgan fingerprint density at radius 2 is 1.68 bits per heavy atom. The Labute approximate surface area is 164 Å². The van der Waals surface area contributed by atoms with Crippen LogP contribution >= 0.6 is 0 Å². The van der Waals surface area contributed by atoms with E-state index in [0.717, 1.165) is 0 Å². The van der Waals surface area contributed by atoms with Crippen LogP contribution in [0.2, 0.25) is 0 Å². The Hall–Kier alpha value is -3.09. The second kappa shape index (κ2) is 9.73. The maximum atomic E-state index is 12.3. The van der Waals surface area contributed by atoms with Gasteiger partial charge in [-0.05, 0) is 45.4 Å². The van der Waals surface area contributed by atoms with Crippen LogP contribution in [0.15, 0.2) is 24.3 Å². The Bertz CT molecular complexity index is 868. The lowest BCUT2D eigenvalue weighted by atomic mass is 10.1. The highest BCUT2D eigenvalue weighted by atomic mass is 16.5. The van der Waals surface area contributed by atoms with E-state index in [2.05, 4.69) is 4.98 Å². The number of Topliss-reactive ketones (excluding diaryl/α,β-unsaturated/α-hetero) is 2. The van der Waals surface area contributed by atoms with Crippen molar-refractivity contribution in [3.8, 4) is 11.5 Å². The van der Waals surface area contributed by atoms with Crippen LogP contribution in [0.1, 0.15) is 52.4 Å². The van der Waals surface area contributed by atoms with E-state index in [0.29, 0.717) is 34.9 Å². The number of aromatic amines is 1. The van der Waals surface area contributed by atoms with E-state index in [4.69, 9.17) is 14.2 Å². The molecule has 1 heterocycles. The number of ketones is 2. The third-order valence-electron chi connectivity index (χ3n) is 4.15. The lowest BCUT2D eigenvalue weighted by Crippen LogP contribution is -2.17. The number of aryl methyl sites for hydroxylation is 1. The Kier molecular flexibility index (Phi) is 7.37. The van der Waals surface area contributed by atoms with Gasteiger partial charge in [0.2, 0.25) is 5.78 Å². The molecule has 150 valence electrons. The highest BCUT2D eigenvalue weighted by molar-refractivity contribution is 6.04. The molecular formula is C21H25NO6. The van der Waals surface area contributed by atoms with Crippen LogP contribution in [0.5, 0.6) is 11.5 Å². The molecular weight excluding hydrogens is 362 g/mol. The molecule has 7 nitrogen and oxygen atoms in total. The van der Waals surface area contributed by atoms with Gasteiger partial charge in [0, 0.05) is 11.3 Å². The molecule has 0 fully saturated rings. The monoisotopic (exact) mass is 387 g/mol. The number of rotatable bonds is 10. The molecule has 7 heteroatoms. The predicted octanol–water partition coefficient (Wildman–Crippen LogP) is 3.43. The van der Waals surface area contributed by atoms with E-state index >= 15 is 0 Å². The summed E-state index contributed by atoms with van der Waals surface area (Å²) < 4.78 is 16.0. The van der Waals surface area contributed by atoms with Gasteiger partial charge in [0.05, 0.1) is 25.3 Å². The smallest absolute Gasteiger partial charge is 0.309 e. The fourth-order valence-corrected chi connectivity index (χ4v) is 2.94. The van der Waals surface area contributed by atoms with Crippen molar-refractivity contribution in [3.63, 3.8) is 0 Å². The van der Waals surface area contributed by atoms with Crippen molar-refractivity contribution < 1.29 is 28.6 Å². The summed E-state index contributed by atoms with van der Waals surface area (Å²) in [6.07, 6.45) is -0.00479. The SMILES string of the molecule is CCOc1ccccc1OCCC(=O)OCC(=O)c1[nH]c(C)c(C(C)=O)c1C. The molecule has 1 aromatic carbocycles. The predicted molar refractivity (Wildman–Crippen MR) is 103 cm³/mol. The molecule has 1 aromatic heterocycles. The number of para-hydroxylation sites is 2. The van der Waals surface area contributed by atoms with Gasteiger partial charge in [0.25, 0.3) is 0 Å². The van der Waals surface area contributed by atoms with Crippen LogP contribution in [0.4, 0.5) is 0 Å². The first-order valence-corrected chi connectivity index (χ1v) is 9.08. The standard InChI is InChI=1S/C21H25NO6/c1-5-26-17-8-6-7-9-18(17)27-11-10-19(25)28-12-16(24)21-13(2)20(15(4)23)14(3)22-21/h6-9,22H,5,10-12H2,1-4H3. The summed E-state index contributed by atoms with van der Waals surface area (Å²) in [5.41, 5.74) is 1.98. The summed E-state index contributed by atoms with van der Waals surface area (Å²) in [6, 6.07) is 7.18. The highest BCUT2D eigenvalue weighted by Crippen LogP contribution is 2.26. The number of ether oxygens (including phenoxy) is 3. The molecule has 0 saturated carbocycles. The minimum absolute atomic E-state index is 0.00479. The van der Waals surface area contributed by atoms with E-state index < -0.39 is 12.6 Å². The van der Waals surface area contributed by atoms with Gasteiger partial charge in [0.1, 0.15) is 0 Å². The van der Waals surface area contributed by atoms with Gasteiger partial charge in [-0.15, -0.1) is 0 Å². The number of esters is 1. The number of benzene rings is 1. The summed E-state index contributed by atoms with van der Waals surface area (Å²) in [5.74, 6) is 0.0979. The zero-order chi connectivity index (χ0) is 20.7. The largest absolute Gasteiger partial charge is 0.490 e. The number of hydrogen-bond donors (Lipinski definition) is 1. The van der Waals surface area contributed by atoms with Gasteiger partial charge < -0.3 is 19.2 Å². The minimum atomic E-state index is -0.546. The summed E-state index contributed by atoms with van der Waals surface area (Å²) in [5, 5.41) is 0. The molecule has 28 heavy (non-hydrogen) atoms. The van der Waals surface area contributed by atoms with Gasteiger partial charge in [-0.2, -0.15) is 0 Å². The summed E-state index contributed by atoms with van der Waals surface area (Å²) in [7, 11) is 0. The molecule has 2 rings (SSSR count). The van der Waals surface area contributed by atoms with E-state index in [9.17, 15) is 14.4 Å².